The summed E-state index contributed by atoms with van der Waals surface area (Å²) in [7, 11) is 0. The fourth-order valence-electron chi connectivity index (χ4n) is 2.04. The highest BCUT2D eigenvalue weighted by Gasteiger charge is 2.03. The Morgan fingerprint density at radius 3 is 2.61 bits per heavy atom. The molecule has 2 aromatic heterocycles. The SMILES string of the molecule is Brc1cc(Cc2ccncc2)cc2cccnc12. The Morgan fingerprint density at radius 1 is 0.944 bits per heavy atom. The number of hydrogen-bond acceptors (Lipinski definition) is 2. The fourth-order valence-corrected chi connectivity index (χ4v) is 2.67. The van der Waals surface area contributed by atoms with Crippen LogP contribution in [0.25, 0.3) is 10.9 Å². The zero-order valence-corrected chi connectivity index (χ0v) is 11.3. The van der Waals surface area contributed by atoms with Gasteiger partial charge in [-0.25, -0.2) is 0 Å². The zero-order valence-electron chi connectivity index (χ0n) is 9.68. The van der Waals surface area contributed by atoms with Gasteiger partial charge in [-0.2, -0.15) is 0 Å². The van der Waals surface area contributed by atoms with Gasteiger partial charge in [-0.05, 0) is 63.8 Å². The van der Waals surface area contributed by atoms with Gasteiger partial charge in [0.05, 0.1) is 5.52 Å². The Bertz CT molecular complexity index is 680. The first kappa shape index (κ1) is 11.4. The molecular formula is C15H11BrN2. The summed E-state index contributed by atoms with van der Waals surface area (Å²) in [6.45, 7) is 0. The first-order valence-corrected chi connectivity index (χ1v) is 6.54. The van der Waals surface area contributed by atoms with E-state index in [9.17, 15) is 0 Å². The van der Waals surface area contributed by atoms with Gasteiger partial charge in [0.2, 0.25) is 0 Å². The lowest BCUT2D eigenvalue weighted by Crippen LogP contribution is -1.90. The maximum Gasteiger partial charge on any atom is 0.0844 e. The van der Waals surface area contributed by atoms with E-state index in [1.807, 2.05) is 36.8 Å². The van der Waals surface area contributed by atoms with Crippen LogP contribution >= 0.6 is 15.9 Å². The molecule has 2 heterocycles. The number of rotatable bonds is 2. The van der Waals surface area contributed by atoms with Gasteiger partial charge < -0.3 is 0 Å². The van der Waals surface area contributed by atoms with E-state index < -0.39 is 0 Å². The van der Waals surface area contributed by atoms with Crippen LogP contribution in [0.5, 0.6) is 0 Å². The van der Waals surface area contributed by atoms with E-state index in [2.05, 4.69) is 44.1 Å². The van der Waals surface area contributed by atoms with E-state index >= 15 is 0 Å². The van der Waals surface area contributed by atoms with Gasteiger partial charge in [-0.3, -0.25) is 9.97 Å². The van der Waals surface area contributed by atoms with E-state index in [1.54, 1.807) is 0 Å². The molecule has 18 heavy (non-hydrogen) atoms. The summed E-state index contributed by atoms with van der Waals surface area (Å²) in [5.74, 6) is 0. The molecule has 0 radical (unpaired) electrons. The quantitative estimate of drug-likeness (QED) is 0.715. The highest BCUT2D eigenvalue weighted by atomic mass is 79.9. The van der Waals surface area contributed by atoms with Crippen LogP contribution in [0.3, 0.4) is 0 Å². The van der Waals surface area contributed by atoms with E-state index in [1.165, 1.54) is 11.1 Å². The van der Waals surface area contributed by atoms with Gasteiger partial charge in [0, 0.05) is 28.4 Å². The third kappa shape index (κ3) is 2.27. The average molecular weight is 299 g/mol. The molecule has 0 saturated heterocycles. The van der Waals surface area contributed by atoms with Gasteiger partial charge in [0.25, 0.3) is 0 Å². The first-order valence-electron chi connectivity index (χ1n) is 5.75. The Morgan fingerprint density at radius 2 is 1.78 bits per heavy atom. The molecule has 3 aromatic rings. The lowest BCUT2D eigenvalue weighted by molar-refractivity contribution is 1.16. The van der Waals surface area contributed by atoms with Crippen LogP contribution in [0.2, 0.25) is 0 Å². The summed E-state index contributed by atoms with van der Waals surface area (Å²) in [6, 6.07) is 12.5. The maximum absolute atomic E-state index is 4.37. The summed E-state index contributed by atoms with van der Waals surface area (Å²) in [4.78, 5) is 8.41. The molecule has 0 aliphatic heterocycles. The van der Waals surface area contributed by atoms with Crippen molar-refractivity contribution in [3.8, 4) is 0 Å². The number of nitrogens with zero attached hydrogens (tertiary/aromatic N) is 2. The van der Waals surface area contributed by atoms with Crippen molar-refractivity contribution in [2.24, 2.45) is 0 Å². The normalized spacial score (nSPS) is 10.7. The van der Waals surface area contributed by atoms with Crippen LogP contribution in [-0.4, -0.2) is 9.97 Å². The third-order valence-corrected chi connectivity index (χ3v) is 3.48. The predicted molar refractivity (Wildman–Crippen MR) is 76.5 cm³/mol. The highest BCUT2D eigenvalue weighted by Crippen LogP contribution is 2.25. The van der Waals surface area contributed by atoms with Gasteiger partial charge in [0.1, 0.15) is 0 Å². The molecule has 0 fully saturated rings. The van der Waals surface area contributed by atoms with Gasteiger partial charge in [-0.15, -0.1) is 0 Å². The van der Waals surface area contributed by atoms with Crippen molar-refractivity contribution >= 4 is 26.8 Å². The lowest BCUT2D eigenvalue weighted by Gasteiger charge is -2.05. The minimum atomic E-state index is 0.909. The second-order valence-corrected chi connectivity index (χ2v) is 5.04. The molecule has 0 aliphatic rings. The minimum absolute atomic E-state index is 0.909. The van der Waals surface area contributed by atoms with E-state index in [0.717, 1.165) is 21.8 Å². The molecule has 88 valence electrons. The molecule has 1 aromatic carbocycles. The second kappa shape index (κ2) is 4.86. The van der Waals surface area contributed by atoms with Crippen molar-refractivity contribution < 1.29 is 0 Å². The molecule has 3 heteroatoms. The summed E-state index contributed by atoms with van der Waals surface area (Å²) in [5.41, 5.74) is 3.55. The van der Waals surface area contributed by atoms with Crippen molar-refractivity contribution in [2.45, 2.75) is 6.42 Å². The predicted octanol–water partition coefficient (Wildman–Crippen LogP) is 3.98. The van der Waals surface area contributed by atoms with Crippen LogP contribution < -0.4 is 0 Å². The molecule has 2 nitrogen and oxygen atoms in total. The molecule has 0 aliphatic carbocycles. The van der Waals surface area contributed by atoms with Crippen LogP contribution in [0, 0.1) is 0 Å². The van der Waals surface area contributed by atoms with E-state index in [-0.39, 0.29) is 0 Å². The van der Waals surface area contributed by atoms with Crippen molar-refractivity contribution in [3.63, 3.8) is 0 Å². The Labute approximate surface area is 114 Å². The molecule has 0 N–H and O–H groups in total. The molecular weight excluding hydrogens is 288 g/mol. The van der Waals surface area contributed by atoms with Crippen molar-refractivity contribution in [1.82, 2.24) is 9.97 Å². The minimum Gasteiger partial charge on any atom is -0.265 e. The topological polar surface area (TPSA) is 25.8 Å². The first-order chi connectivity index (χ1) is 8.83. The van der Waals surface area contributed by atoms with E-state index in [4.69, 9.17) is 0 Å². The van der Waals surface area contributed by atoms with E-state index in [0.29, 0.717) is 0 Å². The fraction of sp³-hybridized carbons (Fsp3) is 0.0667. The largest absolute Gasteiger partial charge is 0.265 e. The van der Waals surface area contributed by atoms with Crippen molar-refractivity contribution in [3.05, 3.63) is 70.6 Å². The molecule has 0 saturated carbocycles. The number of hydrogen-bond donors (Lipinski definition) is 0. The second-order valence-electron chi connectivity index (χ2n) is 4.19. The van der Waals surface area contributed by atoms with Crippen LogP contribution in [0.4, 0.5) is 0 Å². The summed E-state index contributed by atoms with van der Waals surface area (Å²) < 4.78 is 1.05. The van der Waals surface area contributed by atoms with Crippen molar-refractivity contribution in [1.29, 1.82) is 0 Å². The summed E-state index contributed by atoms with van der Waals surface area (Å²) >= 11 is 3.59. The molecule has 0 atom stereocenters. The van der Waals surface area contributed by atoms with Crippen LogP contribution in [0.1, 0.15) is 11.1 Å². The number of benzene rings is 1. The molecule has 0 bridgehead atoms. The Hall–Kier alpha value is -1.74. The smallest absolute Gasteiger partial charge is 0.0844 e. The Balaban J connectivity index is 2.03. The lowest BCUT2D eigenvalue weighted by atomic mass is 10.0. The molecule has 0 unspecified atom stereocenters. The Kier molecular flexibility index (Phi) is 3.07. The van der Waals surface area contributed by atoms with Crippen molar-refractivity contribution in [2.75, 3.05) is 0 Å². The average Bonchev–Trinajstić information content (AvgIpc) is 2.40. The number of fused-ring (bicyclic) bond motifs is 1. The highest BCUT2D eigenvalue weighted by molar-refractivity contribution is 9.10. The maximum atomic E-state index is 4.37. The zero-order chi connectivity index (χ0) is 12.4. The summed E-state index contributed by atoms with van der Waals surface area (Å²) in [6.07, 6.45) is 6.38. The number of pyridine rings is 2. The van der Waals surface area contributed by atoms with Gasteiger partial charge in [-0.1, -0.05) is 6.07 Å². The monoisotopic (exact) mass is 298 g/mol. The molecule has 0 spiro atoms. The van der Waals surface area contributed by atoms with Gasteiger partial charge in [0.15, 0.2) is 0 Å². The van der Waals surface area contributed by atoms with Crippen LogP contribution in [0.15, 0.2) is 59.5 Å². The van der Waals surface area contributed by atoms with Gasteiger partial charge >= 0.3 is 0 Å². The molecule has 3 rings (SSSR count). The molecule has 0 amide bonds. The number of aromatic nitrogens is 2. The summed E-state index contributed by atoms with van der Waals surface area (Å²) in [5, 5.41) is 1.16. The van der Waals surface area contributed by atoms with Crippen LogP contribution in [-0.2, 0) is 6.42 Å². The number of halogens is 1. The standard InChI is InChI=1S/C15H11BrN2/c16-14-10-12(8-11-3-6-17-7-4-11)9-13-2-1-5-18-15(13)14/h1-7,9-10H,8H2. The third-order valence-electron chi connectivity index (χ3n) is 2.88.